The van der Waals surface area contributed by atoms with Gasteiger partial charge in [-0.05, 0) is 43.5 Å². The minimum absolute atomic E-state index is 0.0233. The molecule has 0 bridgehead atoms. The normalized spacial score (nSPS) is 26.9. The SMILES string of the molecule is COc1ccc2[nH]c3c(c2c1)CCN1C(=O)C(CC(=O)NCCN2CCOCC2)C[C@H](C(=O)N2CCOCC2)[C@@]31C. The van der Waals surface area contributed by atoms with E-state index in [1.165, 1.54) is 0 Å². The summed E-state index contributed by atoms with van der Waals surface area (Å²) in [5, 5.41) is 4.07. The highest BCUT2D eigenvalue weighted by atomic mass is 16.5. The molecule has 6 rings (SSSR count). The Kier molecular flexibility index (Phi) is 7.93. The molecule has 0 saturated carbocycles. The van der Waals surface area contributed by atoms with Crippen LogP contribution in [0.15, 0.2) is 18.2 Å². The molecule has 11 nitrogen and oxygen atoms in total. The molecule has 5 heterocycles. The maximum atomic E-state index is 14.2. The summed E-state index contributed by atoms with van der Waals surface area (Å²) < 4.78 is 16.4. The number of benzene rings is 1. The first-order valence-corrected chi connectivity index (χ1v) is 14.8. The average molecular weight is 568 g/mol. The first-order valence-electron chi connectivity index (χ1n) is 14.8. The third-order valence-electron chi connectivity index (χ3n) is 9.49. The van der Waals surface area contributed by atoms with Crippen LogP contribution >= 0.6 is 0 Å². The van der Waals surface area contributed by atoms with Gasteiger partial charge in [0.25, 0.3) is 0 Å². The van der Waals surface area contributed by atoms with E-state index in [4.69, 9.17) is 14.2 Å². The first-order chi connectivity index (χ1) is 19.9. The molecule has 4 aliphatic heterocycles. The number of aromatic amines is 1. The third kappa shape index (κ3) is 5.19. The molecule has 3 fully saturated rings. The van der Waals surface area contributed by atoms with Crippen LogP contribution in [0.5, 0.6) is 5.75 Å². The largest absolute Gasteiger partial charge is 0.497 e. The van der Waals surface area contributed by atoms with E-state index < -0.39 is 17.4 Å². The molecule has 0 radical (unpaired) electrons. The van der Waals surface area contributed by atoms with Gasteiger partial charge in [0.05, 0.1) is 45.0 Å². The van der Waals surface area contributed by atoms with Gasteiger partial charge in [0.2, 0.25) is 17.7 Å². The Hall–Kier alpha value is -3.15. The highest BCUT2D eigenvalue weighted by Gasteiger charge is 2.57. The van der Waals surface area contributed by atoms with Crippen molar-refractivity contribution in [2.24, 2.45) is 11.8 Å². The van der Waals surface area contributed by atoms with Crippen molar-refractivity contribution in [2.45, 2.75) is 31.7 Å². The van der Waals surface area contributed by atoms with Crippen LogP contribution in [-0.4, -0.2) is 117 Å². The summed E-state index contributed by atoms with van der Waals surface area (Å²) >= 11 is 0. The van der Waals surface area contributed by atoms with Crippen LogP contribution in [0.4, 0.5) is 0 Å². The molecular weight excluding hydrogens is 526 g/mol. The summed E-state index contributed by atoms with van der Waals surface area (Å²) in [6.07, 6.45) is 1.08. The van der Waals surface area contributed by atoms with Gasteiger partial charge in [0.1, 0.15) is 5.75 Å². The molecule has 2 aromatic rings. The number of methoxy groups -OCH3 is 1. The molecule has 4 aliphatic rings. The number of carbonyl (C=O) groups excluding carboxylic acids is 3. The minimum atomic E-state index is -0.852. The number of piperidine rings is 1. The predicted molar refractivity (Wildman–Crippen MR) is 152 cm³/mol. The van der Waals surface area contributed by atoms with Gasteiger partial charge in [-0.15, -0.1) is 0 Å². The smallest absolute Gasteiger partial charge is 0.228 e. The van der Waals surface area contributed by atoms with Crippen molar-refractivity contribution < 1.29 is 28.6 Å². The Balaban J connectivity index is 1.27. The van der Waals surface area contributed by atoms with Gasteiger partial charge in [-0.25, -0.2) is 0 Å². The fourth-order valence-electron chi connectivity index (χ4n) is 7.16. The molecule has 1 aromatic carbocycles. The summed E-state index contributed by atoms with van der Waals surface area (Å²) in [5.74, 6) is -0.440. The predicted octanol–water partition coefficient (Wildman–Crippen LogP) is 1.11. The number of hydrogen-bond donors (Lipinski definition) is 2. The Morgan fingerprint density at radius 2 is 1.83 bits per heavy atom. The van der Waals surface area contributed by atoms with Crippen LogP contribution in [0.25, 0.3) is 10.9 Å². The fourth-order valence-corrected chi connectivity index (χ4v) is 7.16. The van der Waals surface area contributed by atoms with Crippen LogP contribution in [-0.2, 0) is 35.8 Å². The van der Waals surface area contributed by atoms with Crippen molar-refractivity contribution in [2.75, 3.05) is 79.4 Å². The third-order valence-corrected chi connectivity index (χ3v) is 9.49. The van der Waals surface area contributed by atoms with E-state index in [-0.39, 0.29) is 24.1 Å². The molecular formula is C30H41N5O6. The topological polar surface area (TPSA) is 116 Å². The molecule has 1 unspecified atom stereocenters. The lowest BCUT2D eigenvalue weighted by Gasteiger charge is -2.54. The monoisotopic (exact) mass is 567 g/mol. The van der Waals surface area contributed by atoms with Crippen LogP contribution in [0.2, 0.25) is 0 Å². The summed E-state index contributed by atoms with van der Waals surface area (Å²) in [6.45, 7) is 9.01. The van der Waals surface area contributed by atoms with E-state index in [1.54, 1.807) is 7.11 Å². The van der Waals surface area contributed by atoms with Crippen LogP contribution in [0, 0.1) is 11.8 Å². The number of aromatic nitrogens is 1. The molecule has 11 heteroatoms. The van der Waals surface area contributed by atoms with Gasteiger partial charge in [-0.1, -0.05) is 0 Å². The maximum absolute atomic E-state index is 14.2. The van der Waals surface area contributed by atoms with Crippen molar-refractivity contribution in [1.82, 2.24) is 25.0 Å². The number of hydrogen-bond acceptors (Lipinski definition) is 7. The molecule has 3 atom stereocenters. The van der Waals surface area contributed by atoms with Gasteiger partial charge < -0.3 is 34.3 Å². The summed E-state index contributed by atoms with van der Waals surface area (Å²) in [5.41, 5.74) is 2.16. The van der Waals surface area contributed by atoms with Crippen molar-refractivity contribution in [1.29, 1.82) is 0 Å². The lowest BCUT2D eigenvalue weighted by atomic mass is 9.67. The van der Waals surface area contributed by atoms with Gasteiger partial charge in [0, 0.05) is 74.7 Å². The van der Waals surface area contributed by atoms with E-state index in [0.717, 1.165) is 47.5 Å². The molecule has 3 saturated heterocycles. The molecule has 2 N–H and O–H groups in total. The quantitative estimate of drug-likeness (QED) is 0.515. The fraction of sp³-hybridized carbons (Fsp3) is 0.633. The second-order valence-electron chi connectivity index (χ2n) is 11.7. The lowest BCUT2D eigenvalue weighted by Crippen LogP contribution is -2.65. The van der Waals surface area contributed by atoms with E-state index in [1.807, 2.05) is 34.9 Å². The number of fused-ring (bicyclic) bond motifs is 5. The molecule has 0 spiro atoms. The van der Waals surface area contributed by atoms with E-state index in [0.29, 0.717) is 65.4 Å². The zero-order chi connectivity index (χ0) is 28.6. The Morgan fingerprint density at radius 3 is 2.56 bits per heavy atom. The lowest BCUT2D eigenvalue weighted by molar-refractivity contribution is -0.166. The van der Waals surface area contributed by atoms with Gasteiger partial charge in [0.15, 0.2) is 0 Å². The molecule has 222 valence electrons. The highest BCUT2D eigenvalue weighted by molar-refractivity contribution is 5.93. The minimum Gasteiger partial charge on any atom is -0.497 e. The molecule has 0 aliphatic carbocycles. The van der Waals surface area contributed by atoms with Crippen molar-refractivity contribution >= 4 is 28.6 Å². The molecule has 41 heavy (non-hydrogen) atoms. The Labute approximate surface area is 240 Å². The number of carbonyl (C=O) groups is 3. The van der Waals surface area contributed by atoms with E-state index in [9.17, 15) is 14.4 Å². The Morgan fingerprint density at radius 1 is 1.10 bits per heavy atom. The van der Waals surface area contributed by atoms with Gasteiger partial charge >= 0.3 is 0 Å². The second kappa shape index (κ2) is 11.6. The zero-order valence-electron chi connectivity index (χ0n) is 24.1. The second-order valence-corrected chi connectivity index (χ2v) is 11.7. The molecule has 1 aromatic heterocycles. The molecule has 3 amide bonds. The van der Waals surface area contributed by atoms with Crippen molar-refractivity contribution in [3.8, 4) is 5.75 Å². The number of ether oxygens (including phenoxy) is 3. The summed E-state index contributed by atoms with van der Waals surface area (Å²) in [4.78, 5) is 50.9. The van der Waals surface area contributed by atoms with E-state index in [2.05, 4.69) is 15.2 Å². The van der Waals surface area contributed by atoms with Crippen molar-refractivity contribution in [3.05, 3.63) is 29.5 Å². The average Bonchev–Trinajstić information content (AvgIpc) is 3.38. The standard InChI is InChI=1S/C30H41N5O6/c1-30-24(29(38)34-11-15-41-16-12-34)17-20(18-26(36)31-6-8-33-9-13-40-14-10-33)28(37)35(30)7-5-22-23-19-21(39-2)3-4-25(23)32-27(22)30/h3-4,19-20,24,32H,5-18H2,1-2H3,(H,31,36)/t20?,24-,30+/m1/s1. The summed E-state index contributed by atoms with van der Waals surface area (Å²) in [7, 11) is 1.65. The number of amides is 3. The highest BCUT2D eigenvalue weighted by Crippen LogP contribution is 2.50. The van der Waals surface area contributed by atoms with Crippen LogP contribution < -0.4 is 10.1 Å². The first kappa shape index (κ1) is 28.0. The number of nitrogens with one attached hydrogen (secondary N) is 2. The summed E-state index contributed by atoms with van der Waals surface area (Å²) in [6, 6.07) is 5.94. The van der Waals surface area contributed by atoms with Crippen LogP contribution in [0.3, 0.4) is 0 Å². The van der Waals surface area contributed by atoms with E-state index >= 15 is 0 Å². The van der Waals surface area contributed by atoms with Crippen LogP contribution in [0.1, 0.15) is 31.0 Å². The number of morpholine rings is 2. The Bertz CT molecular complexity index is 1300. The van der Waals surface area contributed by atoms with Gasteiger partial charge in [-0.3, -0.25) is 19.3 Å². The number of rotatable bonds is 7. The zero-order valence-corrected chi connectivity index (χ0v) is 24.1. The number of H-pyrrole nitrogens is 1. The number of nitrogens with zero attached hydrogens (tertiary/aromatic N) is 3. The maximum Gasteiger partial charge on any atom is 0.228 e. The van der Waals surface area contributed by atoms with Gasteiger partial charge in [-0.2, -0.15) is 0 Å². The van der Waals surface area contributed by atoms with Crippen molar-refractivity contribution in [3.63, 3.8) is 0 Å².